The first-order valence-electron chi connectivity index (χ1n) is 13.6. The molecule has 2 aliphatic rings. The fourth-order valence-electron chi connectivity index (χ4n) is 5.07. The SMILES string of the molecule is Cc1ccccc1CN(C(=O)C1=C(c2ccc(CCCOc3c(F)ccc(F)c3F)cc2)CCNC1)C1CC1. The summed E-state index contributed by atoms with van der Waals surface area (Å²) in [5.41, 5.74) is 6.38. The predicted molar refractivity (Wildman–Crippen MR) is 146 cm³/mol. The lowest BCUT2D eigenvalue weighted by Crippen LogP contribution is -2.39. The first kappa shape index (κ1) is 27.0. The molecule has 4 nitrogen and oxygen atoms in total. The molecule has 1 aliphatic heterocycles. The fraction of sp³-hybridized carbons (Fsp3) is 0.344. The van der Waals surface area contributed by atoms with E-state index >= 15 is 0 Å². The Morgan fingerprint density at radius 1 is 1.00 bits per heavy atom. The van der Waals surface area contributed by atoms with Crippen molar-refractivity contribution in [3.63, 3.8) is 0 Å². The van der Waals surface area contributed by atoms with Crippen molar-refractivity contribution >= 4 is 11.5 Å². The molecule has 3 aromatic rings. The summed E-state index contributed by atoms with van der Waals surface area (Å²) in [7, 11) is 0. The van der Waals surface area contributed by atoms with Crippen LogP contribution < -0.4 is 10.1 Å². The molecule has 0 aromatic heterocycles. The number of rotatable bonds is 10. The second kappa shape index (κ2) is 12.1. The molecule has 39 heavy (non-hydrogen) atoms. The number of aryl methyl sites for hydroxylation is 2. The van der Waals surface area contributed by atoms with Crippen LogP contribution >= 0.6 is 0 Å². The van der Waals surface area contributed by atoms with Gasteiger partial charge in [-0.1, -0.05) is 48.5 Å². The number of amides is 1. The van der Waals surface area contributed by atoms with Crippen molar-refractivity contribution in [2.45, 2.75) is 51.6 Å². The third kappa shape index (κ3) is 6.36. The van der Waals surface area contributed by atoms with Crippen molar-refractivity contribution < 1.29 is 22.7 Å². The van der Waals surface area contributed by atoms with Crippen LogP contribution in [0.5, 0.6) is 5.75 Å². The van der Waals surface area contributed by atoms with Crippen LogP contribution in [0.2, 0.25) is 0 Å². The second-order valence-electron chi connectivity index (χ2n) is 10.3. The number of hydrogen-bond donors (Lipinski definition) is 1. The van der Waals surface area contributed by atoms with E-state index in [0.717, 1.165) is 60.2 Å². The van der Waals surface area contributed by atoms with E-state index in [2.05, 4.69) is 24.4 Å². The summed E-state index contributed by atoms with van der Waals surface area (Å²) in [5, 5.41) is 3.38. The molecule has 204 valence electrons. The maximum atomic E-state index is 13.8. The normalized spacial score (nSPS) is 15.4. The summed E-state index contributed by atoms with van der Waals surface area (Å²) in [6, 6.07) is 18.2. The Labute approximate surface area is 227 Å². The van der Waals surface area contributed by atoms with E-state index in [0.29, 0.717) is 32.0 Å². The Bertz CT molecular complexity index is 1370. The van der Waals surface area contributed by atoms with Gasteiger partial charge in [0.05, 0.1) is 6.61 Å². The van der Waals surface area contributed by atoms with Gasteiger partial charge in [-0.05, 0) is 85.5 Å². The Kier molecular flexibility index (Phi) is 8.36. The monoisotopic (exact) mass is 534 g/mol. The standard InChI is InChI=1S/C32H33F3N2O2/c1-21-5-2-3-7-24(21)20-37(25-12-13-25)32(38)27-19-36-17-16-26(27)23-10-8-22(9-11-23)6-4-18-39-31-29(34)15-14-28(33)30(31)35/h2-3,5,7-11,14-15,25,36H,4,6,12-13,16-20H2,1H3. The molecule has 3 aromatic carbocycles. The van der Waals surface area contributed by atoms with Gasteiger partial charge >= 0.3 is 0 Å². The summed E-state index contributed by atoms with van der Waals surface area (Å²) in [6.07, 6.45) is 4.02. The molecule has 1 N–H and O–H groups in total. The van der Waals surface area contributed by atoms with Gasteiger partial charge in [-0.2, -0.15) is 4.39 Å². The average molecular weight is 535 g/mol. The zero-order valence-electron chi connectivity index (χ0n) is 22.1. The lowest BCUT2D eigenvalue weighted by atomic mass is 9.92. The minimum atomic E-state index is -1.31. The summed E-state index contributed by atoms with van der Waals surface area (Å²) >= 11 is 0. The molecule has 0 atom stereocenters. The number of nitrogens with zero attached hydrogens (tertiary/aromatic N) is 1. The van der Waals surface area contributed by atoms with Crippen LogP contribution in [-0.4, -0.2) is 36.5 Å². The third-order valence-corrected chi connectivity index (χ3v) is 7.49. The van der Waals surface area contributed by atoms with Crippen molar-refractivity contribution in [1.82, 2.24) is 10.2 Å². The lowest BCUT2D eigenvalue weighted by molar-refractivity contribution is -0.128. The van der Waals surface area contributed by atoms with Crippen LogP contribution in [0.4, 0.5) is 13.2 Å². The quantitative estimate of drug-likeness (QED) is 0.243. The van der Waals surface area contributed by atoms with Gasteiger partial charge in [-0.3, -0.25) is 4.79 Å². The third-order valence-electron chi connectivity index (χ3n) is 7.49. The number of nitrogens with one attached hydrogen (secondary N) is 1. The number of carbonyl (C=O) groups is 1. The van der Waals surface area contributed by atoms with Gasteiger partial charge in [-0.15, -0.1) is 0 Å². The van der Waals surface area contributed by atoms with Crippen molar-refractivity contribution in [2.75, 3.05) is 19.7 Å². The van der Waals surface area contributed by atoms with Crippen molar-refractivity contribution in [3.05, 3.63) is 106 Å². The Morgan fingerprint density at radius 3 is 2.49 bits per heavy atom. The number of halogens is 3. The lowest BCUT2D eigenvalue weighted by Gasteiger charge is -2.29. The summed E-state index contributed by atoms with van der Waals surface area (Å²) in [5.74, 6) is -3.93. The van der Waals surface area contributed by atoms with E-state index in [-0.39, 0.29) is 12.5 Å². The van der Waals surface area contributed by atoms with Gasteiger partial charge < -0.3 is 15.0 Å². The van der Waals surface area contributed by atoms with E-state index in [9.17, 15) is 18.0 Å². The summed E-state index contributed by atoms with van der Waals surface area (Å²) in [4.78, 5) is 15.9. The van der Waals surface area contributed by atoms with Crippen LogP contribution in [0, 0.1) is 24.4 Å². The molecule has 0 unspecified atom stereocenters. The number of carbonyl (C=O) groups excluding carboxylic acids is 1. The summed E-state index contributed by atoms with van der Waals surface area (Å²) < 4.78 is 46.0. The highest BCUT2D eigenvalue weighted by atomic mass is 19.2. The van der Waals surface area contributed by atoms with Crippen molar-refractivity contribution in [1.29, 1.82) is 0 Å². The van der Waals surface area contributed by atoms with E-state index in [1.807, 2.05) is 41.3 Å². The molecule has 7 heteroatoms. The van der Waals surface area contributed by atoms with Crippen LogP contribution in [0.1, 0.15) is 47.9 Å². The molecule has 0 saturated heterocycles. The molecular formula is C32H33F3N2O2. The molecule has 0 spiro atoms. The second-order valence-corrected chi connectivity index (χ2v) is 10.3. The van der Waals surface area contributed by atoms with Crippen LogP contribution in [-0.2, 0) is 17.8 Å². The van der Waals surface area contributed by atoms with E-state index in [1.165, 1.54) is 11.1 Å². The number of benzene rings is 3. The van der Waals surface area contributed by atoms with Gasteiger partial charge in [0.2, 0.25) is 5.82 Å². The molecule has 1 saturated carbocycles. The van der Waals surface area contributed by atoms with E-state index in [1.54, 1.807) is 0 Å². The molecule has 5 rings (SSSR count). The van der Waals surface area contributed by atoms with Crippen LogP contribution in [0.15, 0.2) is 66.2 Å². The van der Waals surface area contributed by atoms with Gasteiger partial charge in [0.15, 0.2) is 17.4 Å². The Hall–Kier alpha value is -3.58. The van der Waals surface area contributed by atoms with Gasteiger partial charge in [0, 0.05) is 24.7 Å². The summed E-state index contributed by atoms with van der Waals surface area (Å²) in [6.45, 7) is 4.14. The molecule has 1 fully saturated rings. The molecule has 1 aliphatic carbocycles. The van der Waals surface area contributed by atoms with Crippen LogP contribution in [0.3, 0.4) is 0 Å². The smallest absolute Gasteiger partial charge is 0.251 e. The highest BCUT2D eigenvalue weighted by Gasteiger charge is 2.35. The van der Waals surface area contributed by atoms with E-state index < -0.39 is 23.2 Å². The zero-order valence-corrected chi connectivity index (χ0v) is 22.1. The first-order chi connectivity index (χ1) is 18.9. The zero-order chi connectivity index (χ0) is 27.4. The molecule has 1 amide bonds. The predicted octanol–water partition coefficient (Wildman–Crippen LogP) is 6.36. The highest BCUT2D eigenvalue weighted by molar-refractivity contribution is 6.02. The molecule has 1 heterocycles. The van der Waals surface area contributed by atoms with Gasteiger partial charge in [-0.25, -0.2) is 8.78 Å². The molecule has 0 radical (unpaired) electrons. The minimum absolute atomic E-state index is 0.0619. The Morgan fingerprint density at radius 2 is 1.74 bits per heavy atom. The minimum Gasteiger partial charge on any atom is -0.488 e. The first-order valence-corrected chi connectivity index (χ1v) is 13.6. The largest absolute Gasteiger partial charge is 0.488 e. The van der Waals surface area contributed by atoms with Gasteiger partial charge in [0.25, 0.3) is 5.91 Å². The molecule has 0 bridgehead atoms. The molecular weight excluding hydrogens is 501 g/mol. The van der Waals surface area contributed by atoms with Crippen molar-refractivity contribution in [2.24, 2.45) is 0 Å². The van der Waals surface area contributed by atoms with Gasteiger partial charge in [0.1, 0.15) is 0 Å². The maximum Gasteiger partial charge on any atom is 0.251 e. The number of hydrogen-bond acceptors (Lipinski definition) is 3. The van der Waals surface area contributed by atoms with E-state index in [4.69, 9.17) is 4.74 Å². The fourth-order valence-corrected chi connectivity index (χ4v) is 5.07. The average Bonchev–Trinajstić information content (AvgIpc) is 3.80. The van der Waals surface area contributed by atoms with Crippen molar-refractivity contribution in [3.8, 4) is 5.75 Å². The maximum absolute atomic E-state index is 13.8. The Balaban J connectivity index is 1.26. The van der Waals surface area contributed by atoms with Crippen LogP contribution in [0.25, 0.3) is 5.57 Å². The number of ether oxygens (including phenoxy) is 1. The highest BCUT2D eigenvalue weighted by Crippen LogP contribution is 2.33. The topological polar surface area (TPSA) is 41.6 Å².